The van der Waals surface area contributed by atoms with Crippen LogP contribution in [-0.2, 0) is 0 Å². The largest absolute Gasteiger partial charge is 0.207 e. The summed E-state index contributed by atoms with van der Waals surface area (Å²) in [6, 6.07) is 11.1. The third-order valence-electron chi connectivity index (χ3n) is 10.1. The molecule has 0 bridgehead atoms. The quantitative estimate of drug-likeness (QED) is 0.401. The van der Waals surface area contributed by atoms with Gasteiger partial charge in [0.05, 0.1) is 0 Å². The molecule has 0 saturated heterocycles. The maximum Gasteiger partial charge on any atom is 0.131 e. The monoisotopic (exact) mass is 478 g/mol. The number of hydrogen-bond acceptors (Lipinski definition) is 0. The van der Waals surface area contributed by atoms with Crippen LogP contribution in [0.25, 0.3) is 11.1 Å². The summed E-state index contributed by atoms with van der Waals surface area (Å²) >= 11 is 0. The van der Waals surface area contributed by atoms with Crippen LogP contribution in [0.2, 0.25) is 0 Å². The van der Waals surface area contributed by atoms with Gasteiger partial charge in [0.2, 0.25) is 0 Å². The Morgan fingerprint density at radius 2 is 1.29 bits per heavy atom. The van der Waals surface area contributed by atoms with Crippen molar-refractivity contribution in [2.45, 2.75) is 109 Å². The van der Waals surface area contributed by atoms with Crippen LogP contribution in [-0.4, -0.2) is 0 Å². The van der Waals surface area contributed by atoms with Crippen molar-refractivity contribution >= 4 is 0 Å². The lowest BCUT2D eigenvalue weighted by Crippen LogP contribution is -2.25. The van der Waals surface area contributed by atoms with E-state index in [0.29, 0.717) is 23.0 Å². The van der Waals surface area contributed by atoms with Gasteiger partial charge in [-0.25, -0.2) is 8.78 Å². The molecule has 0 N–H and O–H groups in total. The first-order valence-electron chi connectivity index (χ1n) is 14.6. The van der Waals surface area contributed by atoms with Crippen LogP contribution in [0.5, 0.6) is 0 Å². The van der Waals surface area contributed by atoms with Gasteiger partial charge in [-0.1, -0.05) is 70.2 Å². The highest BCUT2D eigenvalue weighted by molar-refractivity contribution is 5.65. The van der Waals surface area contributed by atoms with E-state index in [1.165, 1.54) is 70.6 Å². The molecule has 190 valence electrons. The molecule has 35 heavy (non-hydrogen) atoms. The van der Waals surface area contributed by atoms with Crippen molar-refractivity contribution in [3.63, 3.8) is 0 Å². The molecule has 0 spiro atoms. The fraction of sp³-hybridized carbons (Fsp3) is 0.636. The van der Waals surface area contributed by atoms with E-state index in [-0.39, 0.29) is 11.6 Å². The predicted octanol–water partition coefficient (Wildman–Crippen LogP) is 10.4. The van der Waals surface area contributed by atoms with Crippen molar-refractivity contribution < 1.29 is 8.78 Å². The Morgan fingerprint density at radius 3 is 1.89 bits per heavy atom. The van der Waals surface area contributed by atoms with E-state index in [9.17, 15) is 0 Å². The van der Waals surface area contributed by atoms with Gasteiger partial charge in [-0.2, -0.15) is 0 Å². The Bertz CT molecular complexity index is 971. The third-order valence-corrected chi connectivity index (χ3v) is 10.1. The van der Waals surface area contributed by atoms with E-state index in [2.05, 4.69) is 19.9 Å². The predicted molar refractivity (Wildman–Crippen MR) is 143 cm³/mol. The second kappa shape index (κ2) is 11.1. The van der Waals surface area contributed by atoms with Crippen molar-refractivity contribution in [1.29, 1.82) is 0 Å². The average molecular weight is 479 g/mol. The minimum absolute atomic E-state index is 0.170. The molecule has 3 fully saturated rings. The molecule has 2 aromatic carbocycles. The number of halogens is 2. The molecule has 0 aliphatic heterocycles. The zero-order valence-electron chi connectivity index (χ0n) is 21.9. The highest BCUT2D eigenvalue weighted by Gasteiger charge is 2.31. The molecule has 5 rings (SSSR count). The molecule has 2 heteroatoms. The fourth-order valence-electron chi connectivity index (χ4n) is 7.61. The van der Waals surface area contributed by atoms with Crippen LogP contribution in [0.4, 0.5) is 8.78 Å². The first-order valence-corrected chi connectivity index (χ1v) is 14.6. The van der Waals surface area contributed by atoms with Crippen molar-refractivity contribution in [3.8, 4) is 11.1 Å². The van der Waals surface area contributed by atoms with Crippen molar-refractivity contribution in [1.82, 2.24) is 0 Å². The van der Waals surface area contributed by atoms with E-state index in [0.717, 1.165) is 47.6 Å². The van der Waals surface area contributed by atoms with E-state index < -0.39 is 0 Å². The lowest BCUT2D eigenvalue weighted by Gasteiger charge is -2.38. The molecule has 0 unspecified atom stereocenters. The minimum atomic E-state index is -0.207. The molecule has 0 radical (unpaired) electrons. The van der Waals surface area contributed by atoms with Crippen molar-refractivity contribution in [3.05, 3.63) is 59.2 Å². The number of rotatable bonds is 5. The fourth-order valence-corrected chi connectivity index (χ4v) is 7.61. The normalized spacial score (nSPS) is 31.9. The number of benzene rings is 2. The molecule has 0 amide bonds. The van der Waals surface area contributed by atoms with Gasteiger partial charge in [0.25, 0.3) is 0 Å². The maximum absolute atomic E-state index is 15.2. The summed E-state index contributed by atoms with van der Waals surface area (Å²) in [6.45, 7) is 4.62. The summed E-state index contributed by atoms with van der Waals surface area (Å²) in [5.74, 6) is 3.91. The summed E-state index contributed by atoms with van der Waals surface area (Å²) in [6.07, 6.45) is 16.4. The molecule has 3 saturated carbocycles. The van der Waals surface area contributed by atoms with Crippen molar-refractivity contribution in [2.75, 3.05) is 0 Å². The molecule has 3 aliphatic carbocycles. The smallest absolute Gasteiger partial charge is 0.131 e. The Labute approximate surface area is 211 Å². The van der Waals surface area contributed by atoms with Crippen LogP contribution in [0.1, 0.15) is 120 Å². The summed E-state index contributed by atoms with van der Waals surface area (Å²) < 4.78 is 30.3. The van der Waals surface area contributed by atoms with Gasteiger partial charge in [-0.15, -0.1) is 0 Å². The van der Waals surface area contributed by atoms with E-state index in [1.54, 1.807) is 12.1 Å². The Balaban J connectivity index is 1.21. The summed E-state index contributed by atoms with van der Waals surface area (Å²) in [5.41, 5.74) is 3.13. The average Bonchev–Trinajstić information content (AvgIpc) is 2.89. The minimum Gasteiger partial charge on any atom is -0.207 e. The zero-order chi connectivity index (χ0) is 24.4. The van der Waals surface area contributed by atoms with Gasteiger partial charge in [0.15, 0.2) is 0 Å². The van der Waals surface area contributed by atoms with Gasteiger partial charge in [0, 0.05) is 5.56 Å². The molecule has 0 aromatic heterocycles. The Morgan fingerprint density at radius 1 is 0.657 bits per heavy atom. The second-order valence-corrected chi connectivity index (χ2v) is 12.2. The highest BCUT2D eigenvalue weighted by atomic mass is 19.1. The first kappa shape index (κ1) is 25.0. The second-order valence-electron chi connectivity index (χ2n) is 12.2. The van der Waals surface area contributed by atoms with Crippen LogP contribution < -0.4 is 0 Å². The zero-order valence-corrected chi connectivity index (χ0v) is 21.9. The Kier molecular flexibility index (Phi) is 7.95. The van der Waals surface area contributed by atoms with Crippen molar-refractivity contribution in [2.24, 2.45) is 23.7 Å². The van der Waals surface area contributed by atoms with Gasteiger partial charge < -0.3 is 0 Å². The lowest BCUT2D eigenvalue weighted by atomic mass is 9.68. The standard InChI is InChI=1S/C33H44F2/c1-3-23-6-10-24(11-7-23)25-12-14-26(15-13-25)28-16-18-31(32(34)20-28)29-17-19-30(33(35)21-29)27-8-4-22(2)5-9-27/h16-27H,3-15H2,1-2H3. The van der Waals surface area contributed by atoms with E-state index >= 15 is 8.78 Å². The van der Waals surface area contributed by atoms with Crippen LogP contribution in [0.15, 0.2) is 36.4 Å². The summed E-state index contributed by atoms with van der Waals surface area (Å²) in [7, 11) is 0. The van der Waals surface area contributed by atoms with Gasteiger partial charge >= 0.3 is 0 Å². The molecule has 0 atom stereocenters. The van der Waals surface area contributed by atoms with E-state index in [1.807, 2.05) is 18.2 Å². The molecular weight excluding hydrogens is 434 g/mol. The third kappa shape index (κ3) is 5.67. The Hall–Kier alpha value is -1.70. The van der Waals surface area contributed by atoms with E-state index in [4.69, 9.17) is 0 Å². The molecule has 0 nitrogen and oxygen atoms in total. The topological polar surface area (TPSA) is 0 Å². The van der Waals surface area contributed by atoms with Crippen LogP contribution in [0, 0.1) is 35.3 Å². The highest BCUT2D eigenvalue weighted by Crippen LogP contribution is 2.45. The first-order chi connectivity index (χ1) is 17.0. The van der Waals surface area contributed by atoms with Gasteiger partial charge in [-0.05, 0) is 116 Å². The molecule has 2 aromatic rings. The molecular formula is C33H44F2. The summed E-state index contributed by atoms with van der Waals surface area (Å²) in [4.78, 5) is 0. The number of hydrogen-bond donors (Lipinski definition) is 0. The van der Waals surface area contributed by atoms with Crippen LogP contribution >= 0.6 is 0 Å². The van der Waals surface area contributed by atoms with Gasteiger partial charge in [-0.3, -0.25) is 0 Å². The SMILES string of the molecule is CCC1CCC(C2CCC(c3ccc(-c4ccc(C5CCC(C)CC5)c(F)c4)c(F)c3)CC2)CC1. The van der Waals surface area contributed by atoms with Crippen LogP contribution in [0.3, 0.4) is 0 Å². The summed E-state index contributed by atoms with van der Waals surface area (Å²) in [5, 5.41) is 0. The van der Waals surface area contributed by atoms with Gasteiger partial charge in [0.1, 0.15) is 11.6 Å². The lowest BCUT2D eigenvalue weighted by molar-refractivity contribution is 0.158. The maximum atomic E-state index is 15.2. The molecule has 0 heterocycles. The molecule has 3 aliphatic rings.